The quantitative estimate of drug-likeness (QED) is 0.213. The molecule has 0 saturated carbocycles. The lowest BCUT2D eigenvalue weighted by atomic mass is 9.97. The van der Waals surface area contributed by atoms with Crippen LogP contribution in [-0.4, -0.2) is 10.4 Å². The first-order valence-electron chi connectivity index (χ1n) is 10.2. The molecule has 186 valence electrons. The van der Waals surface area contributed by atoms with E-state index in [0.717, 1.165) is 0 Å². The monoisotopic (exact) mass is 564 g/mol. The molecule has 0 unspecified atom stereocenters. The molecule has 12 heteroatoms. The van der Waals surface area contributed by atoms with E-state index < -0.39 is 21.5 Å². The number of nitriles is 2. The third kappa shape index (κ3) is 5.96. The van der Waals surface area contributed by atoms with E-state index in [2.05, 4.69) is 0 Å². The standard InChI is InChI=1S/C24H16Cl4N4O4/c25-21(23(27)17-7-1-13(11-29)9-19(17)31(33)34)15-3-5-16(6-4-15)22(26)24(28)18-8-2-14(12-30)10-20(18)32(35)36/h1-10,21-24,33,35H/q-2/t21-,22+,23-,24-/m1/s1. The zero-order valence-corrected chi connectivity index (χ0v) is 21.1. The fourth-order valence-electron chi connectivity index (χ4n) is 3.54. The second-order valence-corrected chi connectivity index (χ2v) is 9.47. The van der Waals surface area contributed by atoms with Crippen LogP contribution in [0.5, 0.6) is 0 Å². The predicted molar refractivity (Wildman–Crippen MR) is 138 cm³/mol. The van der Waals surface area contributed by atoms with Gasteiger partial charge in [-0.25, -0.2) is 0 Å². The summed E-state index contributed by atoms with van der Waals surface area (Å²) in [4.78, 5) is 0. The molecule has 0 aromatic heterocycles. The molecule has 0 radical (unpaired) electrons. The van der Waals surface area contributed by atoms with Gasteiger partial charge in [0.25, 0.3) is 0 Å². The van der Waals surface area contributed by atoms with E-state index in [9.17, 15) is 20.8 Å². The molecule has 0 amide bonds. The molecule has 2 N–H and O–H groups in total. The number of rotatable bonds is 8. The maximum Gasteiger partial charge on any atom is 0.0992 e. The van der Waals surface area contributed by atoms with E-state index >= 15 is 0 Å². The number of alkyl halides is 4. The van der Waals surface area contributed by atoms with E-state index in [1.165, 1.54) is 36.4 Å². The molecule has 0 aliphatic rings. The maximum atomic E-state index is 11.6. The van der Waals surface area contributed by atoms with Crippen LogP contribution < -0.4 is 10.5 Å². The van der Waals surface area contributed by atoms with Gasteiger partial charge in [-0.3, -0.25) is 10.4 Å². The summed E-state index contributed by atoms with van der Waals surface area (Å²) < 4.78 is 0. The van der Waals surface area contributed by atoms with Crippen molar-refractivity contribution in [3.8, 4) is 12.1 Å². The fraction of sp³-hybridized carbons (Fsp3) is 0.167. The molecule has 3 aromatic carbocycles. The summed E-state index contributed by atoms with van der Waals surface area (Å²) in [5, 5.41) is 55.8. The minimum atomic E-state index is -0.940. The van der Waals surface area contributed by atoms with Crippen LogP contribution in [0.25, 0.3) is 0 Å². The zero-order valence-electron chi connectivity index (χ0n) is 18.1. The van der Waals surface area contributed by atoms with Gasteiger partial charge in [-0.1, -0.05) is 36.4 Å². The highest BCUT2D eigenvalue weighted by Gasteiger charge is 2.26. The first-order valence-corrected chi connectivity index (χ1v) is 11.9. The Morgan fingerprint density at radius 1 is 0.611 bits per heavy atom. The zero-order chi connectivity index (χ0) is 26.6. The molecule has 36 heavy (non-hydrogen) atoms. The highest BCUT2D eigenvalue weighted by molar-refractivity contribution is 6.31. The average molecular weight is 566 g/mol. The van der Waals surface area contributed by atoms with Gasteiger partial charge in [0.1, 0.15) is 0 Å². The summed E-state index contributed by atoms with van der Waals surface area (Å²) >= 11 is 26.2. The fourth-order valence-corrected chi connectivity index (χ4v) is 4.76. The molecular formula is C24H16Cl4N4O4-2. The molecule has 0 aliphatic heterocycles. The molecular weight excluding hydrogens is 550 g/mol. The Bertz CT molecular complexity index is 1210. The molecule has 0 spiro atoms. The Morgan fingerprint density at radius 2 is 0.944 bits per heavy atom. The molecule has 0 heterocycles. The van der Waals surface area contributed by atoms with Crippen LogP contribution in [0, 0.1) is 33.1 Å². The maximum absolute atomic E-state index is 11.6. The van der Waals surface area contributed by atoms with Crippen LogP contribution in [0.4, 0.5) is 11.4 Å². The molecule has 0 aliphatic carbocycles. The Balaban J connectivity index is 1.84. The number of hydrogen-bond donors (Lipinski definition) is 2. The van der Waals surface area contributed by atoms with Gasteiger partial charge in [0, 0.05) is 0 Å². The average Bonchev–Trinajstić information content (AvgIpc) is 2.90. The van der Waals surface area contributed by atoms with Gasteiger partial charge in [-0.15, -0.1) is 46.4 Å². The SMILES string of the molecule is N#Cc1ccc([C@@H](Cl)[C@H](Cl)c2ccc([C@H](Cl)[C@H](Cl)c3ccc(C#N)cc3N([O-])O)cc2)c(N([O-])O)c1. The third-order valence-electron chi connectivity index (χ3n) is 5.41. The summed E-state index contributed by atoms with van der Waals surface area (Å²) in [5.74, 6) is 0. The van der Waals surface area contributed by atoms with Crippen molar-refractivity contribution in [2.45, 2.75) is 21.5 Å². The van der Waals surface area contributed by atoms with Gasteiger partial charge in [-0.2, -0.15) is 10.5 Å². The normalized spacial score (nSPS) is 14.2. The summed E-state index contributed by atoms with van der Waals surface area (Å²) in [6.45, 7) is 0. The number of hydrogen-bond acceptors (Lipinski definition) is 8. The molecule has 8 nitrogen and oxygen atoms in total. The van der Waals surface area contributed by atoms with Crippen molar-refractivity contribution in [1.82, 2.24) is 0 Å². The number of anilines is 2. The summed E-state index contributed by atoms with van der Waals surface area (Å²) in [7, 11) is 0. The van der Waals surface area contributed by atoms with Crippen molar-refractivity contribution in [3.63, 3.8) is 0 Å². The molecule has 0 saturated heterocycles. The molecule has 3 aromatic rings. The van der Waals surface area contributed by atoms with E-state index in [4.69, 9.17) is 56.9 Å². The van der Waals surface area contributed by atoms with Crippen molar-refractivity contribution >= 4 is 57.8 Å². The Kier molecular flexibility index (Phi) is 9.26. The Labute approximate surface area is 226 Å². The van der Waals surface area contributed by atoms with Gasteiger partial charge >= 0.3 is 0 Å². The third-order valence-corrected chi connectivity index (χ3v) is 7.65. The molecule has 3 rings (SSSR count). The van der Waals surface area contributed by atoms with Gasteiger partial charge in [-0.05, 0) is 46.5 Å². The molecule has 0 bridgehead atoms. The number of benzene rings is 3. The topological polar surface area (TPSA) is 141 Å². The van der Waals surface area contributed by atoms with Crippen LogP contribution >= 0.6 is 46.4 Å². The molecule has 0 fully saturated rings. The highest BCUT2D eigenvalue weighted by Crippen LogP contribution is 2.45. The highest BCUT2D eigenvalue weighted by atomic mass is 35.5. The lowest BCUT2D eigenvalue weighted by Gasteiger charge is -2.28. The minimum absolute atomic E-state index is 0.165. The van der Waals surface area contributed by atoms with E-state index in [0.29, 0.717) is 11.1 Å². The summed E-state index contributed by atoms with van der Waals surface area (Å²) in [6.07, 6.45) is 0. The van der Waals surface area contributed by atoms with Crippen molar-refractivity contribution in [3.05, 3.63) is 104 Å². The van der Waals surface area contributed by atoms with Gasteiger partial charge in [0.2, 0.25) is 0 Å². The minimum Gasteiger partial charge on any atom is -0.733 e. The first kappa shape index (κ1) is 27.8. The second-order valence-electron chi connectivity index (χ2n) is 7.59. The lowest BCUT2D eigenvalue weighted by molar-refractivity contribution is 0.295. The van der Waals surface area contributed by atoms with Gasteiger partial charge < -0.3 is 20.9 Å². The largest absolute Gasteiger partial charge is 0.733 e. The Morgan fingerprint density at radius 3 is 1.22 bits per heavy atom. The first-order chi connectivity index (χ1) is 17.1. The van der Waals surface area contributed by atoms with Crippen LogP contribution in [-0.2, 0) is 0 Å². The smallest absolute Gasteiger partial charge is 0.0992 e. The van der Waals surface area contributed by atoms with E-state index in [-0.39, 0.29) is 44.1 Å². The van der Waals surface area contributed by atoms with Gasteiger partial charge in [0.15, 0.2) is 0 Å². The second kappa shape index (κ2) is 12.0. The lowest BCUT2D eigenvalue weighted by Crippen LogP contribution is -2.13. The summed E-state index contributed by atoms with van der Waals surface area (Å²) in [5.41, 5.74) is 1.54. The predicted octanol–water partition coefficient (Wildman–Crippen LogP) is 7.34. The van der Waals surface area contributed by atoms with Crippen molar-refractivity contribution in [1.29, 1.82) is 10.5 Å². The van der Waals surface area contributed by atoms with Crippen LogP contribution in [0.3, 0.4) is 0 Å². The van der Waals surface area contributed by atoms with Crippen molar-refractivity contribution in [2.75, 3.05) is 10.5 Å². The van der Waals surface area contributed by atoms with Crippen molar-refractivity contribution in [2.24, 2.45) is 0 Å². The number of halogens is 4. The van der Waals surface area contributed by atoms with E-state index in [1.807, 2.05) is 12.1 Å². The van der Waals surface area contributed by atoms with Gasteiger partial charge in [0.05, 0.1) is 56.1 Å². The van der Waals surface area contributed by atoms with Crippen LogP contribution in [0.2, 0.25) is 0 Å². The van der Waals surface area contributed by atoms with Crippen molar-refractivity contribution < 1.29 is 10.4 Å². The Hall–Kier alpha value is -2.76. The van der Waals surface area contributed by atoms with Crippen LogP contribution in [0.15, 0.2) is 60.7 Å². The number of nitrogens with zero attached hydrogens (tertiary/aromatic N) is 4. The molecule has 4 atom stereocenters. The van der Waals surface area contributed by atoms with E-state index in [1.54, 1.807) is 24.3 Å². The van der Waals surface area contributed by atoms with Crippen LogP contribution in [0.1, 0.15) is 54.9 Å². The summed E-state index contributed by atoms with van der Waals surface area (Å²) in [6, 6.07) is 18.6.